The molecule has 0 unspecified atom stereocenters. The SMILES string of the molecule is O=C(O)[C@H]1CN(C(=O)c2cc3c(s2)CCOC3)CCO1. The summed E-state index contributed by atoms with van der Waals surface area (Å²) in [6.45, 7) is 2.05. The Kier molecular flexibility index (Phi) is 3.73. The molecule has 108 valence electrons. The van der Waals surface area contributed by atoms with Crippen molar-refractivity contribution in [3.05, 3.63) is 21.4 Å². The van der Waals surface area contributed by atoms with Crippen LogP contribution >= 0.6 is 11.3 Å². The number of carbonyl (C=O) groups excluding carboxylic acids is 1. The molecule has 1 saturated heterocycles. The third-order valence-electron chi connectivity index (χ3n) is 3.47. The molecule has 0 spiro atoms. The summed E-state index contributed by atoms with van der Waals surface area (Å²) in [4.78, 5) is 26.8. The van der Waals surface area contributed by atoms with Gasteiger partial charge in [0.25, 0.3) is 5.91 Å². The molecule has 0 saturated carbocycles. The van der Waals surface area contributed by atoms with Gasteiger partial charge in [0.2, 0.25) is 0 Å². The minimum atomic E-state index is -1.03. The summed E-state index contributed by atoms with van der Waals surface area (Å²) in [5.74, 6) is -1.14. The second kappa shape index (κ2) is 5.51. The topological polar surface area (TPSA) is 76.1 Å². The molecule has 0 aliphatic carbocycles. The van der Waals surface area contributed by atoms with Crippen LogP contribution in [0.1, 0.15) is 20.1 Å². The van der Waals surface area contributed by atoms with Crippen molar-refractivity contribution >= 4 is 23.2 Å². The van der Waals surface area contributed by atoms with Crippen LogP contribution in [0.15, 0.2) is 6.07 Å². The fourth-order valence-corrected chi connectivity index (χ4v) is 3.51. The fourth-order valence-electron chi connectivity index (χ4n) is 2.39. The van der Waals surface area contributed by atoms with Crippen LogP contribution in [-0.2, 0) is 27.3 Å². The van der Waals surface area contributed by atoms with Crippen LogP contribution in [0.25, 0.3) is 0 Å². The number of ether oxygens (including phenoxy) is 2. The number of fused-ring (bicyclic) bond motifs is 1. The molecule has 1 N–H and O–H groups in total. The molecule has 1 aromatic rings. The highest BCUT2D eigenvalue weighted by atomic mass is 32.1. The Morgan fingerprint density at radius 1 is 1.40 bits per heavy atom. The minimum Gasteiger partial charge on any atom is -0.479 e. The largest absolute Gasteiger partial charge is 0.479 e. The molecule has 2 aliphatic rings. The van der Waals surface area contributed by atoms with Crippen LogP contribution in [0, 0.1) is 0 Å². The zero-order valence-corrected chi connectivity index (χ0v) is 11.6. The van der Waals surface area contributed by atoms with Gasteiger partial charge in [-0.2, -0.15) is 0 Å². The maximum Gasteiger partial charge on any atom is 0.334 e. The lowest BCUT2D eigenvalue weighted by atomic mass is 10.2. The van der Waals surface area contributed by atoms with Gasteiger partial charge >= 0.3 is 5.97 Å². The van der Waals surface area contributed by atoms with E-state index >= 15 is 0 Å². The number of rotatable bonds is 2. The molecular weight excluding hydrogens is 282 g/mol. The summed E-state index contributed by atoms with van der Waals surface area (Å²) in [6.07, 6.45) is -0.0839. The van der Waals surface area contributed by atoms with Crippen LogP contribution in [0.5, 0.6) is 0 Å². The van der Waals surface area contributed by atoms with Gasteiger partial charge in [-0.1, -0.05) is 0 Å². The van der Waals surface area contributed by atoms with Crippen molar-refractivity contribution in [2.24, 2.45) is 0 Å². The summed E-state index contributed by atoms with van der Waals surface area (Å²) in [7, 11) is 0. The monoisotopic (exact) mass is 297 g/mol. The first-order valence-electron chi connectivity index (χ1n) is 6.48. The van der Waals surface area contributed by atoms with E-state index in [1.165, 1.54) is 16.2 Å². The number of carbonyl (C=O) groups is 2. The first-order chi connectivity index (χ1) is 9.65. The van der Waals surface area contributed by atoms with Crippen LogP contribution in [0.4, 0.5) is 0 Å². The van der Waals surface area contributed by atoms with Gasteiger partial charge in [-0.25, -0.2) is 4.79 Å². The summed E-state index contributed by atoms with van der Waals surface area (Å²) >= 11 is 1.49. The van der Waals surface area contributed by atoms with E-state index in [1.807, 2.05) is 6.07 Å². The predicted octanol–water partition coefficient (Wildman–Crippen LogP) is 0.746. The van der Waals surface area contributed by atoms with Crippen molar-refractivity contribution in [3.63, 3.8) is 0 Å². The Morgan fingerprint density at radius 2 is 2.25 bits per heavy atom. The molecule has 20 heavy (non-hydrogen) atoms. The van der Waals surface area contributed by atoms with E-state index in [9.17, 15) is 9.59 Å². The highest BCUT2D eigenvalue weighted by molar-refractivity contribution is 7.14. The van der Waals surface area contributed by atoms with Gasteiger partial charge in [-0.15, -0.1) is 11.3 Å². The number of morpholine rings is 1. The van der Waals surface area contributed by atoms with Crippen molar-refractivity contribution in [1.82, 2.24) is 4.90 Å². The van der Waals surface area contributed by atoms with Gasteiger partial charge in [-0.05, 0) is 11.6 Å². The predicted molar refractivity (Wildman–Crippen MR) is 71.0 cm³/mol. The van der Waals surface area contributed by atoms with Crippen molar-refractivity contribution in [3.8, 4) is 0 Å². The number of amides is 1. The zero-order chi connectivity index (χ0) is 14.1. The van der Waals surface area contributed by atoms with Crippen LogP contribution in [0.2, 0.25) is 0 Å². The quantitative estimate of drug-likeness (QED) is 0.871. The molecule has 0 bridgehead atoms. The molecule has 1 fully saturated rings. The molecule has 3 rings (SSSR count). The Labute approximate surface area is 119 Å². The van der Waals surface area contributed by atoms with E-state index in [-0.39, 0.29) is 19.1 Å². The summed E-state index contributed by atoms with van der Waals surface area (Å²) in [5, 5.41) is 8.96. The molecule has 3 heterocycles. The summed E-state index contributed by atoms with van der Waals surface area (Å²) in [6, 6.07) is 1.87. The van der Waals surface area contributed by atoms with E-state index in [0.717, 1.165) is 12.0 Å². The number of nitrogens with zero attached hydrogens (tertiary/aromatic N) is 1. The Morgan fingerprint density at radius 3 is 3.00 bits per heavy atom. The van der Waals surface area contributed by atoms with Crippen molar-refractivity contribution in [2.75, 3.05) is 26.3 Å². The standard InChI is InChI=1S/C13H15NO5S/c15-12(14-2-4-19-9(6-14)13(16)17)11-5-8-7-18-3-1-10(8)20-11/h5,9H,1-4,6-7H2,(H,16,17)/t9-/m1/s1. The zero-order valence-electron chi connectivity index (χ0n) is 10.8. The van der Waals surface area contributed by atoms with Crippen molar-refractivity contribution in [2.45, 2.75) is 19.1 Å². The van der Waals surface area contributed by atoms with Gasteiger partial charge in [0, 0.05) is 17.8 Å². The maximum atomic E-state index is 12.4. The van der Waals surface area contributed by atoms with Crippen LogP contribution < -0.4 is 0 Å². The highest BCUT2D eigenvalue weighted by Crippen LogP contribution is 2.28. The van der Waals surface area contributed by atoms with Crippen molar-refractivity contribution in [1.29, 1.82) is 0 Å². The number of aliphatic carboxylic acids is 1. The smallest absolute Gasteiger partial charge is 0.334 e. The second-order valence-corrected chi connectivity index (χ2v) is 5.95. The molecule has 2 aliphatic heterocycles. The van der Waals surface area contributed by atoms with Crippen LogP contribution in [-0.4, -0.2) is 54.3 Å². The second-order valence-electron chi connectivity index (χ2n) is 4.81. The molecule has 7 heteroatoms. The third kappa shape index (κ3) is 2.56. The van der Waals surface area contributed by atoms with Gasteiger partial charge in [0.1, 0.15) is 0 Å². The van der Waals surface area contributed by atoms with Gasteiger partial charge in [0.05, 0.1) is 31.2 Å². The Hall–Kier alpha value is -1.44. The summed E-state index contributed by atoms with van der Waals surface area (Å²) in [5.41, 5.74) is 1.08. The van der Waals surface area contributed by atoms with Crippen molar-refractivity contribution < 1.29 is 24.2 Å². The lowest BCUT2D eigenvalue weighted by molar-refractivity contribution is -0.154. The Balaban J connectivity index is 1.75. The number of thiophene rings is 1. The molecular formula is C13H15NO5S. The minimum absolute atomic E-state index is 0.104. The van der Waals surface area contributed by atoms with E-state index in [0.29, 0.717) is 24.6 Å². The fraction of sp³-hybridized carbons (Fsp3) is 0.538. The molecule has 1 aromatic heterocycles. The van der Waals surface area contributed by atoms with Crippen LogP contribution in [0.3, 0.4) is 0 Å². The molecule has 0 aromatic carbocycles. The molecule has 1 amide bonds. The number of hydrogen-bond acceptors (Lipinski definition) is 5. The lowest BCUT2D eigenvalue weighted by Crippen LogP contribution is -2.48. The number of carboxylic acids is 1. The lowest BCUT2D eigenvalue weighted by Gasteiger charge is -2.30. The number of hydrogen-bond donors (Lipinski definition) is 1. The molecule has 0 radical (unpaired) electrons. The average Bonchev–Trinajstić information content (AvgIpc) is 2.90. The van der Waals surface area contributed by atoms with Gasteiger partial charge < -0.3 is 19.5 Å². The maximum absolute atomic E-state index is 12.4. The van der Waals surface area contributed by atoms with E-state index in [1.54, 1.807) is 4.90 Å². The van der Waals surface area contributed by atoms with E-state index in [2.05, 4.69) is 0 Å². The highest BCUT2D eigenvalue weighted by Gasteiger charge is 2.30. The third-order valence-corrected chi connectivity index (χ3v) is 4.69. The first-order valence-corrected chi connectivity index (χ1v) is 7.30. The van der Waals surface area contributed by atoms with E-state index < -0.39 is 12.1 Å². The molecule has 6 nitrogen and oxygen atoms in total. The van der Waals surface area contributed by atoms with Gasteiger partial charge in [-0.3, -0.25) is 4.79 Å². The van der Waals surface area contributed by atoms with Gasteiger partial charge in [0.15, 0.2) is 6.10 Å². The first kappa shape index (κ1) is 13.5. The average molecular weight is 297 g/mol. The Bertz CT molecular complexity index is 517. The number of carboxylic acid groups (broad SMARTS) is 1. The normalized spacial score (nSPS) is 22.4. The molecule has 1 atom stereocenters. The summed E-state index contributed by atoms with van der Waals surface area (Å²) < 4.78 is 10.5. The van der Waals surface area contributed by atoms with E-state index in [4.69, 9.17) is 14.6 Å².